The van der Waals surface area contributed by atoms with Crippen LogP contribution in [0.25, 0.3) is 0 Å². The van der Waals surface area contributed by atoms with Gasteiger partial charge in [0.2, 0.25) is 0 Å². The third kappa shape index (κ3) is 6.42. The second-order valence-electron chi connectivity index (χ2n) is 6.72. The molecule has 5 nitrogen and oxygen atoms in total. The topological polar surface area (TPSA) is 62.9 Å². The van der Waals surface area contributed by atoms with E-state index in [0.29, 0.717) is 12.5 Å². The largest absolute Gasteiger partial charge is 0.573 e. The lowest BCUT2D eigenvalue weighted by atomic mass is 9.98. The van der Waals surface area contributed by atoms with Crippen LogP contribution in [0.15, 0.2) is 46.8 Å². The maximum absolute atomic E-state index is 12.5. The Morgan fingerprint density at radius 3 is 2.86 bits per heavy atom. The van der Waals surface area contributed by atoms with Crippen molar-refractivity contribution in [2.75, 3.05) is 25.0 Å². The zero-order valence-corrected chi connectivity index (χ0v) is 16.1. The van der Waals surface area contributed by atoms with E-state index in [1.165, 1.54) is 23.1 Å². The number of anilines is 1. The Bertz CT molecular complexity index is 780. The van der Waals surface area contributed by atoms with Gasteiger partial charge in [0.05, 0.1) is 5.69 Å². The first kappa shape index (κ1) is 20.5. The van der Waals surface area contributed by atoms with E-state index in [1.807, 2.05) is 0 Å². The molecule has 1 aromatic carbocycles. The van der Waals surface area contributed by atoms with Gasteiger partial charge in [0.25, 0.3) is 0 Å². The molecule has 2 aromatic rings. The van der Waals surface area contributed by atoms with E-state index in [1.54, 1.807) is 17.4 Å². The summed E-state index contributed by atoms with van der Waals surface area (Å²) in [6, 6.07) is 9.94. The van der Waals surface area contributed by atoms with Crippen LogP contribution < -0.4 is 15.8 Å². The van der Waals surface area contributed by atoms with Gasteiger partial charge in [-0.3, -0.25) is 9.89 Å². The summed E-state index contributed by atoms with van der Waals surface area (Å²) >= 11 is 1.75. The number of ether oxygens (including phenoxy) is 1. The summed E-state index contributed by atoms with van der Waals surface area (Å²) in [5, 5.41) is 4.79. The second kappa shape index (κ2) is 9.29. The first-order chi connectivity index (χ1) is 13.4. The number of para-hydroxylation sites is 2. The number of hydrogen-bond donors (Lipinski definition) is 2. The summed E-state index contributed by atoms with van der Waals surface area (Å²) in [5.41, 5.74) is 6.02. The SMILES string of the molecule is NC(=NCC1CCCN(Cc2cccs2)C1)Nc1ccccc1OC(F)(F)F. The maximum atomic E-state index is 12.5. The van der Waals surface area contributed by atoms with Crippen LogP contribution in [0.4, 0.5) is 18.9 Å². The van der Waals surface area contributed by atoms with Gasteiger partial charge in [-0.25, -0.2) is 0 Å². The van der Waals surface area contributed by atoms with Crippen molar-refractivity contribution in [2.45, 2.75) is 25.7 Å². The van der Waals surface area contributed by atoms with E-state index in [9.17, 15) is 13.2 Å². The number of aliphatic imine (C=N–C) groups is 1. The smallest absolute Gasteiger partial charge is 0.404 e. The van der Waals surface area contributed by atoms with E-state index in [4.69, 9.17) is 5.73 Å². The first-order valence-electron chi connectivity index (χ1n) is 9.05. The molecule has 9 heteroatoms. The van der Waals surface area contributed by atoms with Crippen molar-refractivity contribution in [3.63, 3.8) is 0 Å². The summed E-state index contributed by atoms with van der Waals surface area (Å²) in [6.45, 7) is 3.46. The summed E-state index contributed by atoms with van der Waals surface area (Å²) in [5.74, 6) is 0.109. The number of alkyl halides is 3. The van der Waals surface area contributed by atoms with Gasteiger partial charge in [0.1, 0.15) is 0 Å². The highest BCUT2D eigenvalue weighted by atomic mass is 32.1. The highest BCUT2D eigenvalue weighted by Gasteiger charge is 2.32. The first-order valence-corrected chi connectivity index (χ1v) is 9.93. The number of nitrogens with one attached hydrogen (secondary N) is 1. The molecule has 3 N–H and O–H groups in total. The molecule has 1 fully saturated rings. The van der Waals surface area contributed by atoms with Crippen LogP contribution in [0.2, 0.25) is 0 Å². The number of hydrogen-bond acceptors (Lipinski definition) is 4. The molecular formula is C19H23F3N4OS. The number of halogens is 3. The Morgan fingerprint density at radius 2 is 2.11 bits per heavy atom. The van der Waals surface area contributed by atoms with E-state index in [2.05, 4.69) is 37.5 Å². The molecule has 0 saturated carbocycles. The molecule has 152 valence electrons. The summed E-state index contributed by atoms with van der Waals surface area (Å²) in [4.78, 5) is 8.08. The third-order valence-electron chi connectivity index (χ3n) is 4.46. The fourth-order valence-corrected chi connectivity index (χ4v) is 4.00. The molecule has 2 heterocycles. The van der Waals surface area contributed by atoms with Crippen molar-refractivity contribution >= 4 is 23.0 Å². The van der Waals surface area contributed by atoms with Gasteiger partial charge in [-0.05, 0) is 48.9 Å². The van der Waals surface area contributed by atoms with Crippen molar-refractivity contribution < 1.29 is 17.9 Å². The molecule has 1 aliphatic heterocycles. The lowest BCUT2D eigenvalue weighted by molar-refractivity contribution is -0.274. The number of nitrogens with zero attached hydrogens (tertiary/aromatic N) is 2. The Kier molecular flexibility index (Phi) is 6.79. The Labute approximate surface area is 166 Å². The standard InChI is InChI=1S/C19H23F3N4OS/c20-19(21,22)27-17-8-2-1-7-16(17)25-18(23)24-11-14-5-3-9-26(12-14)13-15-6-4-10-28-15/h1-2,4,6-8,10,14H,3,5,9,11-13H2,(H3,23,24,25). The van der Waals surface area contributed by atoms with Crippen LogP contribution >= 0.6 is 11.3 Å². The number of likely N-dealkylation sites (tertiary alicyclic amines) is 1. The Hall–Kier alpha value is -2.26. The molecule has 0 radical (unpaired) electrons. The molecular weight excluding hydrogens is 389 g/mol. The number of benzene rings is 1. The molecule has 0 amide bonds. The molecule has 1 aliphatic rings. The fourth-order valence-electron chi connectivity index (χ4n) is 3.26. The van der Waals surface area contributed by atoms with Crippen molar-refractivity contribution in [3.8, 4) is 5.75 Å². The van der Waals surface area contributed by atoms with Crippen molar-refractivity contribution in [3.05, 3.63) is 46.7 Å². The molecule has 3 rings (SSSR count). The van der Waals surface area contributed by atoms with Crippen LogP contribution in [0, 0.1) is 5.92 Å². The fraction of sp³-hybridized carbons (Fsp3) is 0.421. The average molecular weight is 412 g/mol. The van der Waals surface area contributed by atoms with Crippen molar-refractivity contribution in [2.24, 2.45) is 16.6 Å². The molecule has 0 spiro atoms. The summed E-state index contributed by atoms with van der Waals surface area (Å²) < 4.78 is 41.5. The normalized spacial score (nSPS) is 18.8. The quantitative estimate of drug-likeness (QED) is 0.549. The zero-order valence-electron chi connectivity index (χ0n) is 15.3. The highest BCUT2D eigenvalue weighted by molar-refractivity contribution is 7.09. The predicted octanol–water partition coefficient (Wildman–Crippen LogP) is 4.29. The molecule has 0 bridgehead atoms. The number of rotatable bonds is 6. The van der Waals surface area contributed by atoms with E-state index in [0.717, 1.165) is 32.5 Å². The number of guanidine groups is 1. The molecule has 1 atom stereocenters. The molecule has 0 aliphatic carbocycles. The highest BCUT2D eigenvalue weighted by Crippen LogP contribution is 2.29. The minimum absolute atomic E-state index is 0.0774. The van der Waals surface area contributed by atoms with E-state index in [-0.39, 0.29) is 17.4 Å². The van der Waals surface area contributed by atoms with Gasteiger partial charge in [-0.2, -0.15) is 0 Å². The zero-order chi connectivity index (χ0) is 20.0. The van der Waals surface area contributed by atoms with Crippen LogP contribution in [-0.2, 0) is 6.54 Å². The summed E-state index contributed by atoms with van der Waals surface area (Å²) in [6.07, 6.45) is -2.61. The van der Waals surface area contributed by atoms with Gasteiger partial charge < -0.3 is 15.8 Å². The van der Waals surface area contributed by atoms with Gasteiger partial charge in [-0.1, -0.05) is 18.2 Å². The maximum Gasteiger partial charge on any atom is 0.573 e. The van der Waals surface area contributed by atoms with Gasteiger partial charge in [-0.15, -0.1) is 24.5 Å². The lowest BCUT2D eigenvalue weighted by Crippen LogP contribution is -2.36. The third-order valence-corrected chi connectivity index (χ3v) is 5.32. The van der Waals surface area contributed by atoms with Crippen molar-refractivity contribution in [1.29, 1.82) is 0 Å². The molecule has 1 aromatic heterocycles. The number of nitrogens with two attached hydrogens (primary N) is 1. The van der Waals surface area contributed by atoms with Gasteiger partial charge >= 0.3 is 6.36 Å². The van der Waals surface area contributed by atoms with Crippen LogP contribution in [-0.4, -0.2) is 36.9 Å². The number of piperidine rings is 1. The Balaban J connectivity index is 1.54. The molecule has 28 heavy (non-hydrogen) atoms. The lowest BCUT2D eigenvalue weighted by Gasteiger charge is -2.31. The molecule has 1 saturated heterocycles. The average Bonchev–Trinajstić information content (AvgIpc) is 3.14. The number of thiophene rings is 1. The second-order valence-corrected chi connectivity index (χ2v) is 7.75. The van der Waals surface area contributed by atoms with E-state index >= 15 is 0 Å². The van der Waals surface area contributed by atoms with Crippen LogP contribution in [0.3, 0.4) is 0 Å². The predicted molar refractivity (Wildman–Crippen MR) is 106 cm³/mol. The van der Waals surface area contributed by atoms with Gasteiger partial charge in [0, 0.05) is 24.5 Å². The minimum Gasteiger partial charge on any atom is -0.404 e. The Morgan fingerprint density at radius 1 is 1.29 bits per heavy atom. The van der Waals surface area contributed by atoms with Gasteiger partial charge in [0.15, 0.2) is 11.7 Å². The van der Waals surface area contributed by atoms with Crippen molar-refractivity contribution in [1.82, 2.24) is 4.90 Å². The summed E-state index contributed by atoms with van der Waals surface area (Å²) in [7, 11) is 0. The van der Waals surface area contributed by atoms with Crippen LogP contribution in [0.1, 0.15) is 17.7 Å². The van der Waals surface area contributed by atoms with E-state index < -0.39 is 6.36 Å². The molecule has 1 unspecified atom stereocenters. The monoisotopic (exact) mass is 412 g/mol. The van der Waals surface area contributed by atoms with Crippen LogP contribution in [0.5, 0.6) is 5.75 Å². The minimum atomic E-state index is -4.77.